The number of piperidine rings is 2. The molecule has 0 unspecified atom stereocenters. The van der Waals surface area contributed by atoms with E-state index in [2.05, 4.69) is 22.0 Å². The lowest BCUT2D eigenvalue weighted by molar-refractivity contribution is -0.191. The summed E-state index contributed by atoms with van der Waals surface area (Å²) in [6.45, 7) is 7.92. The van der Waals surface area contributed by atoms with Gasteiger partial charge >= 0.3 is 6.15 Å². The molecule has 3 aromatic rings. The highest BCUT2D eigenvalue weighted by atomic mass is 19.1. The van der Waals surface area contributed by atoms with Gasteiger partial charge in [-0.15, -0.1) is 0 Å². The SMILES string of the molecule is CCC1CCN(CCOc2ccc(NC(=O)c3cc(F)cc(N4CCCCC4)c3)c3ccccc23)CC1.O=C=O. The minimum atomic E-state index is -0.388. The molecule has 0 aromatic heterocycles. The van der Waals surface area contributed by atoms with Crippen LogP contribution in [0.4, 0.5) is 15.8 Å². The van der Waals surface area contributed by atoms with Crippen molar-refractivity contribution in [3.05, 3.63) is 66.0 Å². The molecule has 2 saturated heterocycles. The largest absolute Gasteiger partial charge is 0.492 e. The molecule has 7 nitrogen and oxygen atoms in total. The van der Waals surface area contributed by atoms with Gasteiger partial charge < -0.3 is 15.0 Å². The first-order valence-corrected chi connectivity index (χ1v) is 14.3. The summed E-state index contributed by atoms with van der Waals surface area (Å²) in [5.41, 5.74) is 1.80. The van der Waals surface area contributed by atoms with Crippen molar-refractivity contribution in [3.63, 3.8) is 0 Å². The number of ether oxygens (including phenoxy) is 1. The number of hydrogen-bond donors (Lipinski definition) is 1. The lowest BCUT2D eigenvalue weighted by Crippen LogP contribution is -2.36. The van der Waals surface area contributed by atoms with E-state index in [0.717, 1.165) is 73.7 Å². The van der Waals surface area contributed by atoms with Gasteiger partial charge in [0.25, 0.3) is 5.91 Å². The first-order valence-electron chi connectivity index (χ1n) is 14.3. The van der Waals surface area contributed by atoms with Gasteiger partial charge in [0.2, 0.25) is 0 Å². The summed E-state index contributed by atoms with van der Waals surface area (Å²) < 4.78 is 20.7. The highest BCUT2D eigenvalue weighted by Gasteiger charge is 2.19. The van der Waals surface area contributed by atoms with Crippen LogP contribution in [-0.2, 0) is 9.59 Å². The highest BCUT2D eigenvalue weighted by molar-refractivity contribution is 6.10. The van der Waals surface area contributed by atoms with E-state index < -0.39 is 0 Å². The molecule has 0 saturated carbocycles. The van der Waals surface area contributed by atoms with E-state index in [1.165, 1.54) is 37.8 Å². The van der Waals surface area contributed by atoms with Crippen LogP contribution in [0.25, 0.3) is 10.8 Å². The molecule has 0 atom stereocenters. The molecule has 1 amide bonds. The molecule has 8 heteroatoms. The third-order valence-electron chi connectivity index (χ3n) is 7.95. The summed E-state index contributed by atoms with van der Waals surface area (Å²) in [5.74, 6) is 0.982. The number of rotatable bonds is 8. The lowest BCUT2D eigenvalue weighted by Gasteiger charge is -2.31. The first kappa shape index (κ1) is 29.2. The van der Waals surface area contributed by atoms with E-state index >= 15 is 0 Å². The maximum Gasteiger partial charge on any atom is 0.373 e. The molecular formula is C32H38FN3O4. The van der Waals surface area contributed by atoms with Crippen molar-refractivity contribution in [3.8, 4) is 5.75 Å². The molecule has 2 aliphatic rings. The van der Waals surface area contributed by atoms with Crippen LogP contribution in [-0.4, -0.2) is 56.3 Å². The van der Waals surface area contributed by atoms with Gasteiger partial charge in [-0.2, -0.15) is 9.59 Å². The number of nitrogens with zero attached hydrogens (tertiary/aromatic N) is 2. The molecule has 2 aliphatic heterocycles. The van der Waals surface area contributed by atoms with Crippen LogP contribution in [0.5, 0.6) is 5.75 Å². The monoisotopic (exact) mass is 547 g/mol. The number of carbonyl (C=O) groups is 1. The summed E-state index contributed by atoms with van der Waals surface area (Å²) in [4.78, 5) is 34.1. The fourth-order valence-electron chi connectivity index (χ4n) is 5.64. The Balaban J connectivity index is 0.00000118. The number of benzene rings is 3. The average Bonchev–Trinajstić information content (AvgIpc) is 2.99. The number of nitrogens with one attached hydrogen (secondary N) is 1. The smallest absolute Gasteiger partial charge is 0.373 e. The van der Waals surface area contributed by atoms with Crippen LogP contribution < -0.4 is 15.0 Å². The molecule has 1 N–H and O–H groups in total. The third kappa shape index (κ3) is 7.68. The molecule has 212 valence electrons. The van der Waals surface area contributed by atoms with Crippen molar-refractivity contribution < 1.29 is 23.5 Å². The molecule has 2 heterocycles. The predicted octanol–water partition coefficient (Wildman–Crippen LogP) is 6.14. The van der Waals surface area contributed by atoms with Crippen LogP contribution in [0, 0.1) is 11.7 Å². The normalized spacial score (nSPS) is 16.1. The molecule has 5 rings (SSSR count). The van der Waals surface area contributed by atoms with Crippen molar-refractivity contribution in [1.29, 1.82) is 0 Å². The number of anilines is 2. The maximum atomic E-state index is 14.5. The number of fused-ring (bicyclic) bond motifs is 1. The van der Waals surface area contributed by atoms with Crippen LogP contribution in [0.3, 0.4) is 0 Å². The van der Waals surface area contributed by atoms with Gasteiger partial charge in [0.05, 0.1) is 0 Å². The molecule has 0 bridgehead atoms. The Labute approximate surface area is 235 Å². The third-order valence-corrected chi connectivity index (χ3v) is 7.95. The van der Waals surface area contributed by atoms with Crippen LogP contribution in [0.2, 0.25) is 0 Å². The summed E-state index contributed by atoms with van der Waals surface area (Å²) >= 11 is 0. The van der Waals surface area contributed by atoms with E-state index in [9.17, 15) is 9.18 Å². The Bertz CT molecular complexity index is 1310. The summed E-state index contributed by atoms with van der Waals surface area (Å²) in [6, 6.07) is 16.4. The summed E-state index contributed by atoms with van der Waals surface area (Å²) in [5, 5.41) is 4.88. The van der Waals surface area contributed by atoms with Gasteiger partial charge in [-0.25, -0.2) is 4.39 Å². The van der Waals surface area contributed by atoms with E-state index in [1.807, 2.05) is 36.4 Å². The number of amides is 1. The Hall–Kier alpha value is -3.74. The Morgan fingerprint density at radius 2 is 1.68 bits per heavy atom. The number of likely N-dealkylation sites (tertiary alicyclic amines) is 1. The highest BCUT2D eigenvalue weighted by Crippen LogP contribution is 2.32. The Morgan fingerprint density at radius 3 is 2.38 bits per heavy atom. The van der Waals surface area contributed by atoms with Crippen LogP contribution in [0.1, 0.15) is 55.8 Å². The van der Waals surface area contributed by atoms with Crippen molar-refractivity contribution in [2.24, 2.45) is 5.92 Å². The second-order valence-electron chi connectivity index (χ2n) is 10.5. The van der Waals surface area contributed by atoms with E-state index in [-0.39, 0.29) is 17.9 Å². The van der Waals surface area contributed by atoms with Gasteiger partial charge in [0.1, 0.15) is 18.2 Å². The predicted molar refractivity (Wildman–Crippen MR) is 154 cm³/mol. The second kappa shape index (κ2) is 14.6. The zero-order valence-corrected chi connectivity index (χ0v) is 23.2. The van der Waals surface area contributed by atoms with Crippen molar-refractivity contribution in [2.75, 3.05) is 49.5 Å². The fraction of sp³-hybridized carbons (Fsp3) is 0.438. The summed E-state index contributed by atoms with van der Waals surface area (Å²) in [6.07, 6.45) is 7.46. The van der Waals surface area contributed by atoms with Crippen molar-refractivity contribution in [1.82, 2.24) is 4.90 Å². The molecular weight excluding hydrogens is 509 g/mol. The van der Waals surface area contributed by atoms with Crippen molar-refractivity contribution >= 4 is 34.2 Å². The zero-order chi connectivity index (χ0) is 28.3. The maximum absolute atomic E-state index is 14.5. The number of carbonyl (C=O) groups excluding carboxylic acids is 3. The fourth-order valence-corrected chi connectivity index (χ4v) is 5.64. The summed E-state index contributed by atoms with van der Waals surface area (Å²) in [7, 11) is 0. The van der Waals surface area contributed by atoms with Gasteiger partial charge in [0.15, 0.2) is 0 Å². The molecule has 0 aliphatic carbocycles. The molecule has 40 heavy (non-hydrogen) atoms. The Kier molecular flexibility index (Phi) is 10.7. The lowest BCUT2D eigenvalue weighted by atomic mass is 9.94. The average molecular weight is 548 g/mol. The van der Waals surface area contributed by atoms with Gasteiger partial charge in [-0.3, -0.25) is 9.69 Å². The Morgan fingerprint density at radius 1 is 0.975 bits per heavy atom. The van der Waals surface area contributed by atoms with E-state index in [1.54, 1.807) is 6.07 Å². The molecule has 0 spiro atoms. The van der Waals surface area contributed by atoms with E-state index in [0.29, 0.717) is 17.9 Å². The van der Waals surface area contributed by atoms with Gasteiger partial charge in [0, 0.05) is 47.3 Å². The minimum absolute atomic E-state index is 0.250. The first-order chi connectivity index (χ1) is 19.5. The molecule has 2 fully saturated rings. The second-order valence-corrected chi connectivity index (χ2v) is 10.5. The van der Waals surface area contributed by atoms with Crippen molar-refractivity contribution in [2.45, 2.75) is 45.4 Å². The quantitative estimate of drug-likeness (QED) is 0.365. The minimum Gasteiger partial charge on any atom is -0.492 e. The van der Waals surface area contributed by atoms with Crippen LogP contribution in [0.15, 0.2) is 54.6 Å². The number of halogens is 1. The van der Waals surface area contributed by atoms with Crippen LogP contribution >= 0.6 is 0 Å². The number of hydrogen-bond acceptors (Lipinski definition) is 6. The van der Waals surface area contributed by atoms with E-state index in [4.69, 9.17) is 14.3 Å². The molecule has 0 radical (unpaired) electrons. The van der Waals surface area contributed by atoms with Gasteiger partial charge in [-0.1, -0.05) is 37.6 Å². The molecule has 3 aromatic carbocycles. The standard InChI is InChI=1S/C31H38FN3O2.CO2/c1-2-23-12-16-34(17-13-23)18-19-37-30-11-10-29(27-8-4-5-9-28(27)30)33-31(36)24-20-25(32)22-26(21-24)35-14-6-3-7-15-35;2-1-3/h4-5,8-11,20-23H,2-3,6-7,12-19H2,1H3,(H,33,36);. The zero-order valence-electron chi connectivity index (χ0n) is 23.2. The van der Waals surface area contributed by atoms with Gasteiger partial charge in [-0.05, 0) is 81.4 Å². The topological polar surface area (TPSA) is 79.0 Å².